The maximum atomic E-state index is 6.05. The van der Waals surface area contributed by atoms with Gasteiger partial charge in [-0.15, -0.1) is 0 Å². The van der Waals surface area contributed by atoms with E-state index in [4.69, 9.17) is 4.74 Å². The van der Waals surface area contributed by atoms with Crippen molar-refractivity contribution in [3.63, 3.8) is 0 Å². The first-order chi connectivity index (χ1) is 9.20. The summed E-state index contributed by atoms with van der Waals surface area (Å²) in [6.45, 7) is 5.44. The molecule has 2 rings (SSSR count). The lowest BCUT2D eigenvalue weighted by atomic mass is 9.99. The van der Waals surface area contributed by atoms with Crippen molar-refractivity contribution >= 4 is 15.9 Å². The zero-order valence-electron chi connectivity index (χ0n) is 11.9. The smallest absolute Gasteiger partial charge is 0.0735 e. The average molecular weight is 326 g/mol. The lowest BCUT2D eigenvalue weighted by Gasteiger charge is -2.25. The minimum atomic E-state index is 0.355. The topological polar surface area (TPSA) is 21.3 Å². The lowest BCUT2D eigenvalue weighted by Crippen LogP contribution is -2.42. The summed E-state index contributed by atoms with van der Waals surface area (Å²) in [6.07, 6.45) is 5.31. The van der Waals surface area contributed by atoms with Crippen LogP contribution < -0.4 is 5.32 Å². The summed E-state index contributed by atoms with van der Waals surface area (Å²) in [5.74, 6) is 0. The van der Waals surface area contributed by atoms with Crippen LogP contribution >= 0.6 is 15.9 Å². The van der Waals surface area contributed by atoms with Gasteiger partial charge in [-0.3, -0.25) is 0 Å². The Morgan fingerprint density at radius 2 is 2.16 bits per heavy atom. The van der Waals surface area contributed by atoms with E-state index in [0.717, 1.165) is 19.4 Å². The van der Waals surface area contributed by atoms with Gasteiger partial charge in [-0.1, -0.05) is 41.1 Å². The summed E-state index contributed by atoms with van der Waals surface area (Å²) in [7, 11) is 0. The molecular formula is C16H24BrNO. The second-order valence-corrected chi connectivity index (χ2v) is 6.27. The minimum absolute atomic E-state index is 0.355. The predicted molar refractivity (Wildman–Crippen MR) is 83.5 cm³/mol. The van der Waals surface area contributed by atoms with Crippen LogP contribution in [0.2, 0.25) is 0 Å². The zero-order chi connectivity index (χ0) is 13.7. The average Bonchev–Trinajstić information content (AvgIpc) is 2.83. The first-order valence-corrected chi connectivity index (χ1v) is 8.12. The lowest BCUT2D eigenvalue weighted by molar-refractivity contribution is 0.0320. The van der Waals surface area contributed by atoms with Crippen LogP contribution in [0, 0.1) is 0 Å². The molecule has 1 heterocycles. The van der Waals surface area contributed by atoms with Crippen LogP contribution in [0.3, 0.4) is 0 Å². The van der Waals surface area contributed by atoms with Gasteiger partial charge in [0.05, 0.1) is 12.2 Å². The molecule has 1 aromatic rings. The van der Waals surface area contributed by atoms with Gasteiger partial charge < -0.3 is 10.1 Å². The predicted octanol–water partition coefficient (Wildman–Crippen LogP) is 3.93. The van der Waals surface area contributed by atoms with Gasteiger partial charge in [0, 0.05) is 10.5 Å². The summed E-state index contributed by atoms with van der Waals surface area (Å²) < 4.78 is 7.25. The van der Waals surface area contributed by atoms with E-state index in [1.165, 1.54) is 22.9 Å². The SMILES string of the molecule is CCCNC(Cc1ccccc1Br)C1CCC(C)O1. The van der Waals surface area contributed by atoms with Gasteiger partial charge in [0.2, 0.25) is 0 Å². The summed E-state index contributed by atoms with van der Waals surface area (Å²) >= 11 is 3.64. The van der Waals surface area contributed by atoms with Gasteiger partial charge in [-0.05, 0) is 50.8 Å². The largest absolute Gasteiger partial charge is 0.374 e. The molecule has 3 unspecified atom stereocenters. The van der Waals surface area contributed by atoms with E-state index in [2.05, 4.69) is 59.4 Å². The Balaban J connectivity index is 2.03. The quantitative estimate of drug-likeness (QED) is 0.855. The van der Waals surface area contributed by atoms with E-state index < -0.39 is 0 Å². The number of halogens is 1. The molecule has 1 N–H and O–H groups in total. The van der Waals surface area contributed by atoms with Crippen molar-refractivity contribution in [3.8, 4) is 0 Å². The molecule has 1 fully saturated rings. The molecule has 1 aromatic carbocycles. The maximum Gasteiger partial charge on any atom is 0.0735 e. The summed E-state index contributed by atoms with van der Waals surface area (Å²) in [6, 6.07) is 8.90. The fourth-order valence-electron chi connectivity index (χ4n) is 2.70. The molecule has 0 saturated carbocycles. The zero-order valence-corrected chi connectivity index (χ0v) is 13.4. The molecule has 0 aromatic heterocycles. The molecule has 19 heavy (non-hydrogen) atoms. The third kappa shape index (κ3) is 4.30. The van der Waals surface area contributed by atoms with Crippen LogP contribution in [0.4, 0.5) is 0 Å². The van der Waals surface area contributed by atoms with Crippen molar-refractivity contribution in [2.45, 2.75) is 57.8 Å². The van der Waals surface area contributed by atoms with Gasteiger partial charge in [0.25, 0.3) is 0 Å². The highest BCUT2D eigenvalue weighted by Crippen LogP contribution is 2.25. The maximum absolute atomic E-state index is 6.05. The molecule has 3 heteroatoms. The minimum Gasteiger partial charge on any atom is -0.374 e. The first-order valence-electron chi connectivity index (χ1n) is 7.33. The highest BCUT2D eigenvalue weighted by molar-refractivity contribution is 9.10. The van der Waals surface area contributed by atoms with Crippen molar-refractivity contribution < 1.29 is 4.74 Å². The van der Waals surface area contributed by atoms with Gasteiger partial charge >= 0.3 is 0 Å². The van der Waals surface area contributed by atoms with Crippen molar-refractivity contribution in [1.82, 2.24) is 5.32 Å². The molecule has 106 valence electrons. The van der Waals surface area contributed by atoms with Crippen molar-refractivity contribution in [2.75, 3.05) is 6.54 Å². The Morgan fingerprint density at radius 1 is 1.37 bits per heavy atom. The fourth-order valence-corrected chi connectivity index (χ4v) is 3.14. The molecule has 1 aliphatic heterocycles. The standard InChI is InChI=1S/C16H24BrNO/c1-3-10-18-15(16-9-8-12(2)19-16)11-13-6-4-5-7-14(13)17/h4-7,12,15-16,18H,3,8-11H2,1-2H3. The van der Waals surface area contributed by atoms with Gasteiger partial charge in [-0.25, -0.2) is 0 Å². The number of rotatable bonds is 6. The molecule has 0 bridgehead atoms. The molecule has 2 nitrogen and oxygen atoms in total. The van der Waals surface area contributed by atoms with E-state index >= 15 is 0 Å². The Bertz CT molecular complexity index is 396. The number of hydrogen-bond donors (Lipinski definition) is 1. The molecule has 1 saturated heterocycles. The molecule has 0 spiro atoms. The van der Waals surface area contributed by atoms with Crippen LogP contribution in [-0.4, -0.2) is 24.8 Å². The summed E-state index contributed by atoms with van der Waals surface area (Å²) in [5.41, 5.74) is 1.36. The van der Waals surface area contributed by atoms with Gasteiger partial charge in [0.15, 0.2) is 0 Å². The first kappa shape index (κ1) is 15.0. The third-order valence-electron chi connectivity index (χ3n) is 3.77. The molecular weight excluding hydrogens is 302 g/mol. The molecule has 0 radical (unpaired) electrons. The molecule has 3 atom stereocenters. The van der Waals surface area contributed by atoms with Crippen LogP contribution in [0.1, 0.15) is 38.7 Å². The number of nitrogens with one attached hydrogen (secondary N) is 1. The van der Waals surface area contributed by atoms with Crippen LogP contribution in [0.25, 0.3) is 0 Å². The Hall–Kier alpha value is -0.380. The van der Waals surface area contributed by atoms with Crippen molar-refractivity contribution in [3.05, 3.63) is 34.3 Å². The Morgan fingerprint density at radius 3 is 2.79 bits per heavy atom. The van der Waals surface area contributed by atoms with Gasteiger partial charge in [-0.2, -0.15) is 0 Å². The van der Waals surface area contributed by atoms with Crippen LogP contribution in [0.15, 0.2) is 28.7 Å². The third-order valence-corrected chi connectivity index (χ3v) is 4.54. The number of benzene rings is 1. The number of ether oxygens (including phenoxy) is 1. The summed E-state index contributed by atoms with van der Waals surface area (Å²) in [5, 5.41) is 3.66. The molecule has 1 aliphatic rings. The van der Waals surface area contributed by atoms with E-state index in [-0.39, 0.29) is 0 Å². The Kier molecular flexibility index (Phi) is 5.86. The normalized spacial score (nSPS) is 24.6. The van der Waals surface area contributed by atoms with E-state index in [9.17, 15) is 0 Å². The van der Waals surface area contributed by atoms with Gasteiger partial charge in [0.1, 0.15) is 0 Å². The van der Waals surface area contributed by atoms with E-state index in [1.54, 1.807) is 0 Å². The van der Waals surface area contributed by atoms with Crippen molar-refractivity contribution in [2.24, 2.45) is 0 Å². The van der Waals surface area contributed by atoms with Crippen LogP contribution in [-0.2, 0) is 11.2 Å². The monoisotopic (exact) mass is 325 g/mol. The second-order valence-electron chi connectivity index (χ2n) is 5.42. The van der Waals surface area contributed by atoms with Crippen molar-refractivity contribution in [1.29, 1.82) is 0 Å². The Labute approximate surface area is 125 Å². The van der Waals surface area contributed by atoms with Crippen LogP contribution in [0.5, 0.6) is 0 Å². The second kappa shape index (κ2) is 7.41. The summed E-state index contributed by atoms with van der Waals surface area (Å²) in [4.78, 5) is 0. The fraction of sp³-hybridized carbons (Fsp3) is 0.625. The highest BCUT2D eigenvalue weighted by Gasteiger charge is 2.29. The van der Waals surface area contributed by atoms with E-state index in [0.29, 0.717) is 18.2 Å². The molecule has 0 amide bonds. The molecule has 0 aliphatic carbocycles. The highest BCUT2D eigenvalue weighted by atomic mass is 79.9. The number of hydrogen-bond acceptors (Lipinski definition) is 2. The van der Waals surface area contributed by atoms with E-state index in [1.807, 2.05) is 0 Å².